The van der Waals surface area contributed by atoms with Crippen LogP contribution in [0.25, 0.3) is 0 Å². The summed E-state index contributed by atoms with van der Waals surface area (Å²) < 4.78 is 10.9. The van der Waals surface area contributed by atoms with Gasteiger partial charge < -0.3 is 19.5 Å². The zero-order chi connectivity index (χ0) is 19.4. The Kier molecular flexibility index (Phi) is 6.31. The maximum Gasteiger partial charge on any atom is 0.245 e. The topological polar surface area (TPSA) is 80.5 Å². The molecule has 3 fully saturated rings. The van der Waals surface area contributed by atoms with Crippen molar-refractivity contribution in [3.8, 4) is 0 Å². The van der Waals surface area contributed by atoms with Gasteiger partial charge in [-0.2, -0.15) is 4.98 Å². The molecule has 156 valence electrons. The van der Waals surface area contributed by atoms with Crippen LogP contribution in [0.15, 0.2) is 4.52 Å². The molecule has 0 bridgehead atoms. The van der Waals surface area contributed by atoms with Crippen LogP contribution in [0.2, 0.25) is 0 Å². The second-order valence-electron chi connectivity index (χ2n) is 8.87. The van der Waals surface area contributed by atoms with Gasteiger partial charge in [0.1, 0.15) is 5.54 Å². The third-order valence-corrected chi connectivity index (χ3v) is 6.86. The molecule has 2 aliphatic heterocycles. The Labute approximate surface area is 167 Å². The lowest BCUT2D eigenvalue weighted by Crippen LogP contribution is -2.59. The molecule has 1 aromatic rings. The third kappa shape index (κ3) is 4.25. The van der Waals surface area contributed by atoms with Crippen molar-refractivity contribution in [2.24, 2.45) is 5.92 Å². The molecule has 1 atom stereocenters. The van der Waals surface area contributed by atoms with Gasteiger partial charge in [-0.15, -0.1) is 0 Å². The van der Waals surface area contributed by atoms with Crippen LogP contribution in [0, 0.1) is 5.92 Å². The number of likely N-dealkylation sites (tertiary alicyclic amines) is 1. The predicted octanol–water partition coefficient (Wildman–Crippen LogP) is 2.67. The fourth-order valence-electron chi connectivity index (χ4n) is 5.19. The van der Waals surface area contributed by atoms with E-state index < -0.39 is 5.54 Å². The van der Waals surface area contributed by atoms with Gasteiger partial charge in [-0.1, -0.05) is 24.4 Å². The lowest BCUT2D eigenvalue weighted by Gasteiger charge is -2.38. The molecule has 28 heavy (non-hydrogen) atoms. The summed E-state index contributed by atoms with van der Waals surface area (Å²) in [5, 5.41) is 7.66. The summed E-state index contributed by atoms with van der Waals surface area (Å²) in [6, 6.07) is 0. The van der Waals surface area contributed by atoms with Crippen molar-refractivity contribution in [2.45, 2.75) is 75.7 Å². The van der Waals surface area contributed by atoms with Gasteiger partial charge in [0.05, 0.1) is 6.61 Å². The molecule has 1 amide bonds. The van der Waals surface area contributed by atoms with Crippen LogP contribution in [0.1, 0.15) is 75.4 Å². The predicted molar refractivity (Wildman–Crippen MR) is 105 cm³/mol. The molecule has 1 saturated carbocycles. The Morgan fingerprint density at radius 3 is 2.68 bits per heavy atom. The Balaban J connectivity index is 1.28. The van der Waals surface area contributed by atoms with Crippen LogP contribution in [0.4, 0.5) is 0 Å². The fraction of sp³-hybridized carbons (Fsp3) is 0.857. The maximum absolute atomic E-state index is 13.1. The van der Waals surface area contributed by atoms with Gasteiger partial charge in [-0.05, 0) is 51.0 Å². The largest absolute Gasteiger partial charge is 0.382 e. The van der Waals surface area contributed by atoms with Gasteiger partial charge in [-0.25, -0.2) is 0 Å². The van der Waals surface area contributed by atoms with E-state index in [1.54, 1.807) is 7.11 Å². The summed E-state index contributed by atoms with van der Waals surface area (Å²) in [5.74, 6) is 2.90. The van der Waals surface area contributed by atoms with Crippen LogP contribution >= 0.6 is 0 Å². The van der Waals surface area contributed by atoms with Gasteiger partial charge >= 0.3 is 0 Å². The number of hydrogen-bond acceptors (Lipinski definition) is 6. The summed E-state index contributed by atoms with van der Waals surface area (Å²) in [5.41, 5.74) is -0.511. The maximum atomic E-state index is 13.1. The van der Waals surface area contributed by atoms with Crippen molar-refractivity contribution >= 4 is 5.91 Å². The van der Waals surface area contributed by atoms with E-state index in [9.17, 15) is 4.79 Å². The zero-order valence-electron chi connectivity index (χ0n) is 17.1. The van der Waals surface area contributed by atoms with Crippen LogP contribution in [-0.2, 0) is 16.0 Å². The summed E-state index contributed by atoms with van der Waals surface area (Å²) >= 11 is 0. The van der Waals surface area contributed by atoms with Gasteiger partial charge in [-0.3, -0.25) is 4.79 Å². The average molecular weight is 391 g/mol. The number of piperidine rings is 1. The van der Waals surface area contributed by atoms with Crippen molar-refractivity contribution in [1.82, 2.24) is 20.4 Å². The smallest absolute Gasteiger partial charge is 0.245 e. The number of nitrogens with one attached hydrogen (secondary N) is 1. The molecular weight excluding hydrogens is 356 g/mol. The van der Waals surface area contributed by atoms with Gasteiger partial charge in [0, 0.05) is 32.5 Å². The highest BCUT2D eigenvalue weighted by Gasteiger charge is 2.44. The molecule has 0 radical (unpaired) electrons. The highest BCUT2D eigenvalue weighted by Crippen LogP contribution is 2.32. The van der Waals surface area contributed by atoms with Crippen LogP contribution in [0.5, 0.6) is 0 Å². The van der Waals surface area contributed by atoms with Gasteiger partial charge in [0.25, 0.3) is 0 Å². The van der Waals surface area contributed by atoms with Crippen molar-refractivity contribution in [3.05, 3.63) is 11.7 Å². The molecule has 4 rings (SSSR count). The molecule has 3 heterocycles. The zero-order valence-corrected chi connectivity index (χ0v) is 17.1. The second kappa shape index (κ2) is 8.91. The molecule has 1 unspecified atom stereocenters. The highest BCUT2D eigenvalue weighted by atomic mass is 16.5. The molecular formula is C21H34N4O3. The number of ether oxygens (including phenoxy) is 1. The van der Waals surface area contributed by atoms with Crippen molar-refractivity contribution < 1.29 is 14.1 Å². The van der Waals surface area contributed by atoms with Crippen molar-refractivity contribution in [3.63, 3.8) is 0 Å². The Morgan fingerprint density at radius 2 is 2.00 bits per heavy atom. The van der Waals surface area contributed by atoms with Crippen LogP contribution in [-0.4, -0.2) is 59.8 Å². The molecule has 7 nitrogen and oxygen atoms in total. The summed E-state index contributed by atoms with van der Waals surface area (Å²) in [6.45, 7) is 2.96. The first kappa shape index (κ1) is 19.8. The molecule has 7 heteroatoms. The van der Waals surface area contributed by atoms with Gasteiger partial charge in [0.2, 0.25) is 11.8 Å². The second-order valence-corrected chi connectivity index (χ2v) is 8.87. The van der Waals surface area contributed by atoms with E-state index >= 15 is 0 Å². The van der Waals surface area contributed by atoms with Crippen LogP contribution in [0.3, 0.4) is 0 Å². The van der Waals surface area contributed by atoms with Crippen LogP contribution < -0.4 is 5.32 Å². The summed E-state index contributed by atoms with van der Waals surface area (Å²) in [4.78, 5) is 19.8. The van der Waals surface area contributed by atoms with E-state index in [4.69, 9.17) is 14.2 Å². The van der Waals surface area contributed by atoms with E-state index in [-0.39, 0.29) is 5.91 Å². The number of carbonyl (C=O) groups excluding carboxylic acids is 1. The first-order chi connectivity index (χ1) is 13.7. The number of carbonyl (C=O) groups is 1. The van der Waals surface area contributed by atoms with E-state index in [1.165, 1.54) is 32.1 Å². The summed E-state index contributed by atoms with van der Waals surface area (Å²) in [7, 11) is 1.67. The molecule has 2 saturated heterocycles. The molecule has 1 aromatic heterocycles. The molecule has 3 aliphatic rings. The monoisotopic (exact) mass is 390 g/mol. The molecule has 0 aromatic carbocycles. The number of rotatable bonds is 6. The first-order valence-electron chi connectivity index (χ1n) is 11.1. The number of methoxy groups -OCH3 is 1. The van der Waals surface area contributed by atoms with E-state index in [1.807, 2.05) is 4.90 Å². The molecule has 1 aliphatic carbocycles. The minimum absolute atomic E-state index is 0.211. The number of hydrogen-bond donors (Lipinski definition) is 1. The SMILES string of the molecule is COCC1(C(=O)N2CCC(Cc3nc(C4CCCCC4)no3)CC2)CCCN1. The Hall–Kier alpha value is -1.47. The third-order valence-electron chi connectivity index (χ3n) is 6.86. The van der Waals surface area contributed by atoms with E-state index in [0.29, 0.717) is 18.4 Å². The number of amides is 1. The van der Waals surface area contributed by atoms with E-state index in [2.05, 4.69) is 10.5 Å². The quantitative estimate of drug-likeness (QED) is 0.804. The lowest BCUT2D eigenvalue weighted by atomic mass is 9.89. The average Bonchev–Trinajstić information content (AvgIpc) is 3.40. The lowest BCUT2D eigenvalue weighted by molar-refractivity contribution is -0.141. The van der Waals surface area contributed by atoms with Crippen molar-refractivity contribution in [2.75, 3.05) is 33.4 Å². The minimum atomic E-state index is -0.511. The Bertz CT molecular complexity index is 642. The number of nitrogens with zero attached hydrogens (tertiary/aromatic N) is 3. The molecule has 1 N–H and O–H groups in total. The van der Waals surface area contributed by atoms with Crippen molar-refractivity contribution in [1.29, 1.82) is 0 Å². The summed E-state index contributed by atoms with van der Waals surface area (Å²) in [6.07, 6.45) is 11.0. The fourth-order valence-corrected chi connectivity index (χ4v) is 5.19. The van der Waals surface area contributed by atoms with Gasteiger partial charge in [0.15, 0.2) is 5.82 Å². The number of aromatic nitrogens is 2. The normalized spacial score (nSPS) is 27.4. The molecule has 0 spiro atoms. The Morgan fingerprint density at radius 1 is 1.21 bits per heavy atom. The standard InChI is InChI=1S/C21H34N4O3/c1-27-15-21(10-5-11-22-21)20(26)25-12-8-16(9-13-25)14-18-23-19(24-28-18)17-6-3-2-4-7-17/h16-17,22H,2-15H2,1H3. The minimum Gasteiger partial charge on any atom is -0.382 e. The first-order valence-corrected chi connectivity index (χ1v) is 11.1. The highest BCUT2D eigenvalue weighted by molar-refractivity contribution is 5.87. The van der Waals surface area contributed by atoms with E-state index in [0.717, 1.165) is 63.5 Å².